The molecular formula is C28H35N5O3. The fourth-order valence-corrected chi connectivity index (χ4v) is 5.32. The van der Waals surface area contributed by atoms with Gasteiger partial charge >= 0.3 is 6.09 Å². The maximum Gasteiger partial charge on any atom is 0.410 e. The first kappa shape index (κ1) is 24.3. The third kappa shape index (κ3) is 5.09. The molecule has 0 unspecified atom stereocenters. The van der Waals surface area contributed by atoms with Crippen LogP contribution in [0.4, 0.5) is 10.6 Å². The van der Waals surface area contributed by atoms with E-state index in [0.717, 1.165) is 61.2 Å². The first-order chi connectivity index (χ1) is 17.3. The molecule has 4 heterocycles. The van der Waals surface area contributed by atoms with Gasteiger partial charge in [0.2, 0.25) is 0 Å². The highest BCUT2D eigenvalue weighted by Gasteiger charge is 2.35. The van der Waals surface area contributed by atoms with Crippen molar-refractivity contribution in [1.29, 1.82) is 0 Å². The second-order valence-corrected chi connectivity index (χ2v) is 10.7. The lowest BCUT2D eigenvalue weighted by Crippen LogP contribution is -2.36. The van der Waals surface area contributed by atoms with Crippen LogP contribution in [0.2, 0.25) is 0 Å². The number of rotatable bonds is 4. The van der Waals surface area contributed by atoms with Gasteiger partial charge in [-0.15, -0.1) is 0 Å². The Morgan fingerprint density at radius 1 is 1.08 bits per heavy atom. The second-order valence-electron chi connectivity index (χ2n) is 10.7. The molecule has 8 heteroatoms. The third-order valence-electron chi connectivity index (χ3n) is 7.05. The van der Waals surface area contributed by atoms with Crippen LogP contribution in [0.3, 0.4) is 0 Å². The number of aromatic nitrogens is 3. The maximum atomic E-state index is 13.2. The zero-order valence-electron chi connectivity index (χ0n) is 21.3. The number of H-pyrrole nitrogens is 1. The number of nitrogens with zero attached hydrogens (tertiary/aromatic N) is 3. The summed E-state index contributed by atoms with van der Waals surface area (Å²) in [5.41, 5.74) is 11.9. The number of aromatic amines is 1. The molecule has 2 aromatic heterocycles. The number of amides is 1. The summed E-state index contributed by atoms with van der Waals surface area (Å²) in [4.78, 5) is 19.5. The average molecular weight is 490 g/mol. The van der Waals surface area contributed by atoms with Crippen molar-refractivity contribution in [2.75, 3.05) is 25.5 Å². The lowest BCUT2D eigenvalue weighted by Gasteiger charge is -2.32. The molecule has 1 aromatic carbocycles. The van der Waals surface area contributed by atoms with E-state index in [0.29, 0.717) is 18.3 Å². The first-order valence-corrected chi connectivity index (χ1v) is 12.8. The van der Waals surface area contributed by atoms with Gasteiger partial charge in [-0.2, -0.15) is 5.10 Å². The number of pyridine rings is 1. The Bertz CT molecular complexity index is 1210. The van der Waals surface area contributed by atoms with Crippen molar-refractivity contribution >= 4 is 11.9 Å². The number of likely N-dealkylation sites (tertiary alicyclic amines) is 1. The fraction of sp³-hybridized carbons (Fsp3) is 0.464. The molecule has 0 bridgehead atoms. The zero-order chi connectivity index (χ0) is 25.3. The molecule has 0 aliphatic carbocycles. The Labute approximate surface area is 212 Å². The van der Waals surface area contributed by atoms with E-state index in [9.17, 15) is 4.79 Å². The molecule has 2 aliphatic rings. The summed E-state index contributed by atoms with van der Waals surface area (Å²) in [6, 6.07) is 8.67. The van der Waals surface area contributed by atoms with Crippen LogP contribution in [0.15, 0.2) is 42.9 Å². The standard InChI is InChI=1S/C28H35N5O3/c1-28(2,3)36-27(34)33-10-4-5-25(33)24-13-19(6-7-22(24)18-8-11-35-12-9-18)20-14-23(26(29)30-15-20)21-16-31-32-17-21/h6-7,13-18,25H,4-5,8-12H2,1-3H3,(H2,29,30)(H,31,32)/t25-/m0/s1. The number of carbonyl (C=O) groups is 1. The van der Waals surface area contributed by atoms with Crippen molar-refractivity contribution in [3.63, 3.8) is 0 Å². The average Bonchev–Trinajstić information content (AvgIpc) is 3.56. The molecule has 190 valence electrons. The number of nitrogens with two attached hydrogens (primary N) is 1. The molecule has 5 rings (SSSR count). The fourth-order valence-electron chi connectivity index (χ4n) is 5.32. The predicted octanol–water partition coefficient (Wildman–Crippen LogP) is 5.69. The summed E-state index contributed by atoms with van der Waals surface area (Å²) < 4.78 is 11.4. The van der Waals surface area contributed by atoms with Crippen LogP contribution in [0.5, 0.6) is 0 Å². The van der Waals surface area contributed by atoms with Crippen molar-refractivity contribution in [3.05, 3.63) is 54.0 Å². The predicted molar refractivity (Wildman–Crippen MR) is 139 cm³/mol. The van der Waals surface area contributed by atoms with Crippen LogP contribution in [-0.4, -0.2) is 51.5 Å². The molecule has 0 saturated carbocycles. The molecule has 1 amide bonds. The molecule has 2 saturated heterocycles. The van der Waals surface area contributed by atoms with E-state index in [1.165, 1.54) is 11.1 Å². The van der Waals surface area contributed by atoms with Crippen LogP contribution in [0.1, 0.15) is 69.5 Å². The van der Waals surface area contributed by atoms with E-state index in [-0.39, 0.29) is 12.1 Å². The van der Waals surface area contributed by atoms with Crippen molar-refractivity contribution < 1.29 is 14.3 Å². The highest BCUT2D eigenvalue weighted by molar-refractivity contribution is 5.79. The number of nitrogen functional groups attached to an aromatic ring is 1. The molecule has 0 radical (unpaired) electrons. The normalized spacial score (nSPS) is 19.0. The van der Waals surface area contributed by atoms with Crippen molar-refractivity contribution in [2.24, 2.45) is 0 Å². The van der Waals surface area contributed by atoms with Crippen LogP contribution in [-0.2, 0) is 9.47 Å². The largest absolute Gasteiger partial charge is 0.444 e. The molecule has 36 heavy (non-hydrogen) atoms. The van der Waals surface area contributed by atoms with Gasteiger partial charge in [-0.05, 0) is 81.2 Å². The molecule has 3 aromatic rings. The lowest BCUT2D eigenvalue weighted by molar-refractivity contribution is 0.0222. The summed E-state index contributed by atoms with van der Waals surface area (Å²) >= 11 is 0. The van der Waals surface area contributed by atoms with E-state index >= 15 is 0 Å². The third-order valence-corrected chi connectivity index (χ3v) is 7.05. The minimum atomic E-state index is -0.533. The van der Waals surface area contributed by atoms with Gasteiger partial charge in [-0.25, -0.2) is 9.78 Å². The first-order valence-electron chi connectivity index (χ1n) is 12.8. The smallest absolute Gasteiger partial charge is 0.410 e. The molecule has 0 spiro atoms. The number of hydrogen-bond donors (Lipinski definition) is 2. The van der Waals surface area contributed by atoms with Gasteiger partial charge in [-0.1, -0.05) is 12.1 Å². The Balaban J connectivity index is 1.55. The lowest BCUT2D eigenvalue weighted by atomic mass is 9.83. The number of ether oxygens (including phenoxy) is 2. The van der Waals surface area contributed by atoms with Gasteiger partial charge < -0.3 is 20.1 Å². The van der Waals surface area contributed by atoms with Crippen LogP contribution >= 0.6 is 0 Å². The van der Waals surface area contributed by atoms with Crippen LogP contribution < -0.4 is 5.73 Å². The van der Waals surface area contributed by atoms with E-state index < -0.39 is 5.60 Å². The number of hydrogen-bond acceptors (Lipinski definition) is 6. The van der Waals surface area contributed by atoms with E-state index in [1.54, 1.807) is 6.20 Å². The maximum absolute atomic E-state index is 13.2. The van der Waals surface area contributed by atoms with E-state index in [2.05, 4.69) is 39.4 Å². The van der Waals surface area contributed by atoms with Gasteiger partial charge in [0.15, 0.2) is 0 Å². The highest BCUT2D eigenvalue weighted by atomic mass is 16.6. The van der Waals surface area contributed by atoms with E-state index in [4.69, 9.17) is 15.2 Å². The quantitative estimate of drug-likeness (QED) is 0.488. The van der Waals surface area contributed by atoms with Crippen LogP contribution in [0.25, 0.3) is 22.3 Å². The highest BCUT2D eigenvalue weighted by Crippen LogP contribution is 2.42. The SMILES string of the molecule is CC(C)(C)OC(=O)N1CCC[C@H]1c1cc(-c2cnc(N)c(-c3cn[nH]c3)c2)ccc1C1CCOCC1. The van der Waals surface area contributed by atoms with Crippen molar-refractivity contribution in [2.45, 2.75) is 64.0 Å². The van der Waals surface area contributed by atoms with Crippen molar-refractivity contribution in [1.82, 2.24) is 20.1 Å². The Morgan fingerprint density at radius 2 is 1.89 bits per heavy atom. The van der Waals surface area contributed by atoms with Gasteiger partial charge in [0, 0.05) is 48.8 Å². The summed E-state index contributed by atoms with van der Waals surface area (Å²) in [5, 5.41) is 6.90. The zero-order valence-corrected chi connectivity index (χ0v) is 21.3. The number of nitrogens with one attached hydrogen (secondary N) is 1. The molecule has 3 N–H and O–H groups in total. The molecular weight excluding hydrogens is 454 g/mol. The number of anilines is 1. The molecule has 2 fully saturated rings. The van der Waals surface area contributed by atoms with E-state index in [1.807, 2.05) is 38.1 Å². The summed E-state index contributed by atoms with van der Waals surface area (Å²) in [7, 11) is 0. The van der Waals surface area contributed by atoms with Gasteiger partial charge in [-0.3, -0.25) is 5.10 Å². The Morgan fingerprint density at radius 3 is 2.61 bits per heavy atom. The summed E-state index contributed by atoms with van der Waals surface area (Å²) in [6.45, 7) is 7.97. The Hall–Kier alpha value is -3.39. The summed E-state index contributed by atoms with van der Waals surface area (Å²) in [6.07, 6.45) is 8.96. The second kappa shape index (κ2) is 9.93. The Kier molecular flexibility index (Phi) is 6.71. The minimum Gasteiger partial charge on any atom is -0.444 e. The number of carbonyl (C=O) groups excluding carboxylic acids is 1. The summed E-state index contributed by atoms with van der Waals surface area (Å²) in [5.74, 6) is 0.876. The topological polar surface area (TPSA) is 106 Å². The van der Waals surface area contributed by atoms with Gasteiger partial charge in [0.1, 0.15) is 11.4 Å². The van der Waals surface area contributed by atoms with Crippen molar-refractivity contribution in [3.8, 4) is 22.3 Å². The molecule has 1 atom stereocenters. The molecule has 8 nitrogen and oxygen atoms in total. The van der Waals surface area contributed by atoms with Gasteiger partial charge in [0.25, 0.3) is 0 Å². The van der Waals surface area contributed by atoms with Gasteiger partial charge in [0.05, 0.1) is 12.2 Å². The minimum absolute atomic E-state index is 0.0206. The number of benzene rings is 1. The molecule has 2 aliphatic heterocycles. The van der Waals surface area contributed by atoms with Crippen LogP contribution in [0, 0.1) is 0 Å². The monoisotopic (exact) mass is 489 g/mol.